The van der Waals surface area contributed by atoms with Gasteiger partial charge < -0.3 is 10.2 Å². The summed E-state index contributed by atoms with van der Waals surface area (Å²) < 4.78 is 38.3. The molecule has 7 nitrogen and oxygen atoms in total. The molecule has 0 atom stereocenters. The molecule has 0 spiro atoms. The Labute approximate surface area is 178 Å². The quantitative estimate of drug-likeness (QED) is 0.382. The number of anilines is 1. The van der Waals surface area contributed by atoms with E-state index in [1.165, 1.54) is 23.1 Å². The molecular weight excluding hydrogens is 447 g/mol. The van der Waals surface area contributed by atoms with E-state index in [-0.39, 0.29) is 32.8 Å². The lowest BCUT2D eigenvalue weighted by atomic mass is 10.2. The molecule has 30 heavy (non-hydrogen) atoms. The van der Waals surface area contributed by atoms with E-state index in [9.17, 15) is 32.9 Å². The summed E-state index contributed by atoms with van der Waals surface area (Å²) in [4.78, 5) is 35.7. The summed E-state index contributed by atoms with van der Waals surface area (Å²) in [5.74, 6) is -1.24. The Kier molecular flexibility index (Phi) is 7.32. The zero-order chi connectivity index (χ0) is 22.6. The topological polar surface area (TPSA) is 92.6 Å². The molecule has 0 aliphatic heterocycles. The van der Waals surface area contributed by atoms with E-state index in [0.717, 1.165) is 6.07 Å². The summed E-state index contributed by atoms with van der Waals surface area (Å²) in [6.45, 7) is 0. The Hall–Kier alpha value is -2.79. The lowest BCUT2D eigenvalue weighted by Crippen LogP contribution is -2.22. The third-order valence-corrected chi connectivity index (χ3v) is 5.13. The number of rotatable bonds is 6. The number of amides is 2. The predicted octanol–water partition coefficient (Wildman–Crippen LogP) is 4.70. The number of hydrogen-bond acceptors (Lipinski definition) is 5. The zero-order valence-electron chi connectivity index (χ0n) is 15.6. The van der Waals surface area contributed by atoms with Crippen LogP contribution in [-0.2, 0) is 11.0 Å². The molecule has 0 radical (unpaired) electrons. The zero-order valence-corrected chi connectivity index (χ0v) is 17.2. The highest BCUT2D eigenvalue weighted by Crippen LogP contribution is 2.36. The van der Waals surface area contributed by atoms with Gasteiger partial charge in [0.2, 0.25) is 5.91 Å². The third-order valence-electron chi connectivity index (χ3n) is 3.74. The van der Waals surface area contributed by atoms with Gasteiger partial charge in [0.1, 0.15) is 0 Å². The number of carbonyl (C=O) groups excluding carboxylic acids is 2. The number of nitro benzene ring substituents is 1. The van der Waals surface area contributed by atoms with Gasteiger partial charge in [0, 0.05) is 25.7 Å². The second kappa shape index (κ2) is 9.35. The van der Waals surface area contributed by atoms with E-state index in [1.54, 1.807) is 14.1 Å². The van der Waals surface area contributed by atoms with Crippen LogP contribution < -0.4 is 5.32 Å². The van der Waals surface area contributed by atoms with Crippen LogP contribution in [0.15, 0.2) is 41.3 Å². The summed E-state index contributed by atoms with van der Waals surface area (Å²) in [7, 11) is 3.12. The molecule has 2 rings (SSSR count). The van der Waals surface area contributed by atoms with E-state index in [0.29, 0.717) is 23.9 Å². The lowest BCUT2D eigenvalue weighted by Gasteiger charge is -2.13. The largest absolute Gasteiger partial charge is 0.416 e. The van der Waals surface area contributed by atoms with Crippen LogP contribution in [0, 0.1) is 10.1 Å². The van der Waals surface area contributed by atoms with Crippen molar-refractivity contribution in [1.29, 1.82) is 0 Å². The van der Waals surface area contributed by atoms with Gasteiger partial charge in [-0.25, -0.2) is 0 Å². The number of hydrogen-bond donors (Lipinski definition) is 1. The Bertz CT molecular complexity index is 999. The van der Waals surface area contributed by atoms with Crippen LogP contribution in [0.2, 0.25) is 5.02 Å². The van der Waals surface area contributed by atoms with Crippen LogP contribution in [0.25, 0.3) is 0 Å². The molecule has 0 aliphatic rings. The minimum absolute atomic E-state index is 0.0919. The molecule has 0 unspecified atom stereocenters. The fourth-order valence-electron chi connectivity index (χ4n) is 2.30. The standard InChI is InChI=1S/C18H15ClF3N3O4S/c1-24(2)17(27)10-3-5-12(19)13(7-10)23-16(26)9-30-15-6-4-11(18(20,21)22)8-14(15)25(28)29/h3-8H,9H2,1-2H3,(H,23,26). The third kappa shape index (κ3) is 5.86. The number of halogens is 4. The Morgan fingerprint density at radius 1 is 1.20 bits per heavy atom. The van der Waals surface area contributed by atoms with E-state index in [1.807, 2.05) is 0 Å². The highest BCUT2D eigenvalue weighted by molar-refractivity contribution is 8.00. The maximum atomic E-state index is 12.8. The number of thioether (sulfide) groups is 1. The maximum Gasteiger partial charge on any atom is 0.416 e. The first-order chi connectivity index (χ1) is 13.9. The monoisotopic (exact) mass is 461 g/mol. The van der Waals surface area contributed by atoms with Crippen LogP contribution >= 0.6 is 23.4 Å². The van der Waals surface area contributed by atoms with E-state index in [2.05, 4.69) is 5.32 Å². The van der Waals surface area contributed by atoms with Gasteiger partial charge in [0.05, 0.1) is 31.8 Å². The SMILES string of the molecule is CN(C)C(=O)c1ccc(Cl)c(NC(=O)CSc2ccc(C(F)(F)F)cc2[N+](=O)[O-])c1. The Morgan fingerprint density at radius 3 is 2.43 bits per heavy atom. The van der Waals surface area contributed by atoms with Crippen LogP contribution in [0.1, 0.15) is 15.9 Å². The van der Waals surface area contributed by atoms with Gasteiger partial charge in [-0.1, -0.05) is 11.6 Å². The minimum Gasteiger partial charge on any atom is -0.345 e. The van der Waals surface area contributed by atoms with Crippen molar-refractivity contribution in [3.05, 3.63) is 62.7 Å². The second-order valence-corrected chi connectivity index (χ2v) is 7.59. The predicted molar refractivity (Wildman–Crippen MR) is 107 cm³/mol. The highest BCUT2D eigenvalue weighted by Gasteiger charge is 2.33. The van der Waals surface area contributed by atoms with Crippen LogP contribution in [-0.4, -0.2) is 41.5 Å². The fourth-order valence-corrected chi connectivity index (χ4v) is 3.27. The van der Waals surface area contributed by atoms with Crippen LogP contribution in [0.5, 0.6) is 0 Å². The van der Waals surface area contributed by atoms with E-state index >= 15 is 0 Å². The second-order valence-electron chi connectivity index (χ2n) is 6.17. The molecule has 0 aromatic heterocycles. The molecule has 0 fully saturated rings. The van der Waals surface area contributed by atoms with Gasteiger partial charge in [-0.05, 0) is 30.3 Å². The van der Waals surface area contributed by atoms with E-state index < -0.39 is 28.3 Å². The van der Waals surface area contributed by atoms with Crippen molar-refractivity contribution in [2.45, 2.75) is 11.1 Å². The lowest BCUT2D eigenvalue weighted by molar-refractivity contribution is -0.388. The average molecular weight is 462 g/mol. The fraction of sp³-hybridized carbons (Fsp3) is 0.222. The first kappa shape index (κ1) is 23.5. The summed E-state index contributed by atoms with van der Waals surface area (Å²) in [5, 5.41) is 13.8. The Balaban J connectivity index is 2.14. The summed E-state index contributed by atoms with van der Waals surface area (Å²) in [5.41, 5.74) is -1.46. The first-order valence-corrected chi connectivity index (χ1v) is 9.56. The highest BCUT2D eigenvalue weighted by atomic mass is 35.5. The molecule has 0 aliphatic carbocycles. The molecule has 2 aromatic carbocycles. The smallest absolute Gasteiger partial charge is 0.345 e. The number of nitrogens with one attached hydrogen (secondary N) is 1. The summed E-state index contributed by atoms with van der Waals surface area (Å²) >= 11 is 6.73. The maximum absolute atomic E-state index is 12.8. The van der Waals surface area contributed by atoms with Crippen molar-refractivity contribution in [3.63, 3.8) is 0 Å². The van der Waals surface area contributed by atoms with Crippen molar-refractivity contribution < 1.29 is 27.7 Å². The van der Waals surface area contributed by atoms with Crippen molar-refractivity contribution in [1.82, 2.24) is 4.90 Å². The van der Waals surface area contributed by atoms with Crippen LogP contribution in [0.4, 0.5) is 24.5 Å². The van der Waals surface area contributed by atoms with Gasteiger partial charge in [0.15, 0.2) is 0 Å². The average Bonchev–Trinajstić information content (AvgIpc) is 2.66. The van der Waals surface area contributed by atoms with E-state index in [4.69, 9.17) is 11.6 Å². The number of carbonyl (C=O) groups is 2. The van der Waals surface area contributed by atoms with Crippen molar-refractivity contribution in [2.24, 2.45) is 0 Å². The molecule has 160 valence electrons. The minimum atomic E-state index is -4.73. The summed E-state index contributed by atoms with van der Waals surface area (Å²) in [6.07, 6.45) is -4.73. The molecule has 2 aromatic rings. The molecule has 0 saturated carbocycles. The normalized spacial score (nSPS) is 11.1. The van der Waals surface area contributed by atoms with Gasteiger partial charge in [-0.15, -0.1) is 11.8 Å². The first-order valence-electron chi connectivity index (χ1n) is 8.19. The Morgan fingerprint density at radius 2 is 1.87 bits per heavy atom. The molecule has 0 heterocycles. The number of nitrogens with zero attached hydrogens (tertiary/aromatic N) is 2. The number of benzene rings is 2. The molecule has 0 saturated heterocycles. The van der Waals surface area contributed by atoms with Gasteiger partial charge in [0.25, 0.3) is 11.6 Å². The molecule has 1 N–H and O–H groups in total. The molecule has 2 amide bonds. The number of nitro groups is 1. The van der Waals surface area contributed by atoms with Crippen LogP contribution in [0.3, 0.4) is 0 Å². The van der Waals surface area contributed by atoms with Crippen molar-refractivity contribution in [3.8, 4) is 0 Å². The molecule has 12 heteroatoms. The van der Waals surface area contributed by atoms with Gasteiger partial charge in [-0.3, -0.25) is 19.7 Å². The van der Waals surface area contributed by atoms with Crippen molar-refractivity contribution in [2.75, 3.05) is 25.2 Å². The summed E-state index contributed by atoms with van der Waals surface area (Å²) in [6, 6.07) is 6.38. The molecule has 0 bridgehead atoms. The number of alkyl halides is 3. The van der Waals surface area contributed by atoms with Crippen molar-refractivity contribution >= 4 is 46.6 Å². The van der Waals surface area contributed by atoms with Gasteiger partial charge in [-0.2, -0.15) is 13.2 Å². The van der Waals surface area contributed by atoms with Gasteiger partial charge >= 0.3 is 6.18 Å². The molecular formula is C18H15ClF3N3O4S.